The van der Waals surface area contributed by atoms with Gasteiger partial charge in [-0.1, -0.05) is 26.8 Å². The highest BCUT2D eigenvalue weighted by Crippen LogP contribution is 2.28. The normalized spacial score (nSPS) is 15.1. The number of rotatable bonds is 4. The minimum Gasteiger partial charge on any atom is -0.459 e. The van der Waals surface area contributed by atoms with Gasteiger partial charge in [0.15, 0.2) is 0 Å². The van der Waals surface area contributed by atoms with Crippen LogP contribution in [0.5, 0.6) is 0 Å². The fourth-order valence-electron chi connectivity index (χ4n) is 2.01. The summed E-state index contributed by atoms with van der Waals surface area (Å²) in [5, 5.41) is 1.17. The van der Waals surface area contributed by atoms with E-state index in [0.717, 1.165) is 24.2 Å². The van der Waals surface area contributed by atoms with Crippen LogP contribution >= 0.6 is 0 Å². The van der Waals surface area contributed by atoms with Crippen LogP contribution in [0.1, 0.15) is 56.9 Å². The van der Waals surface area contributed by atoms with Crippen LogP contribution in [0.15, 0.2) is 28.7 Å². The maximum atomic E-state index is 5.99. The van der Waals surface area contributed by atoms with Crippen LogP contribution in [-0.2, 0) is 0 Å². The first-order valence-corrected chi connectivity index (χ1v) is 6.44. The van der Waals surface area contributed by atoms with Gasteiger partial charge in [0.05, 0.1) is 6.04 Å². The van der Waals surface area contributed by atoms with Gasteiger partial charge in [-0.15, -0.1) is 0 Å². The molecule has 0 fully saturated rings. The SMILES string of the molecule is CCC(C)c1ccc2oc(C(N)CC)cc2c1. The van der Waals surface area contributed by atoms with Crippen LogP contribution in [0, 0.1) is 0 Å². The predicted molar refractivity (Wildman–Crippen MR) is 72.1 cm³/mol. The highest BCUT2D eigenvalue weighted by molar-refractivity contribution is 5.79. The van der Waals surface area contributed by atoms with Crippen LogP contribution in [0.25, 0.3) is 11.0 Å². The van der Waals surface area contributed by atoms with Crippen LogP contribution < -0.4 is 5.73 Å². The lowest BCUT2D eigenvalue weighted by molar-refractivity contribution is 0.488. The summed E-state index contributed by atoms with van der Waals surface area (Å²) in [5.74, 6) is 1.49. The van der Waals surface area contributed by atoms with Crippen LogP contribution in [0.2, 0.25) is 0 Å². The fraction of sp³-hybridized carbons (Fsp3) is 0.467. The predicted octanol–water partition coefficient (Wildman–Crippen LogP) is 4.36. The van der Waals surface area contributed by atoms with E-state index in [0.29, 0.717) is 5.92 Å². The van der Waals surface area contributed by atoms with Gasteiger partial charge in [-0.25, -0.2) is 0 Å². The molecule has 0 aliphatic rings. The van der Waals surface area contributed by atoms with E-state index in [2.05, 4.69) is 45.0 Å². The lowest BCUT2D eigenvalue weighted by atomic mass is 9.97. The second-order valence-electron chi connectivity index (χ2n) is 4.77. The summed E-state index contributed by atoms with van der Waals surface area (Å²) in [5.41, 5.74) is 8.30. The molecule has 2 rings (SSSR count). The number of nitrogens with two attached hydrogens (primary N) is 1. The van der Waals surface area contributed by atoms with E-state index in [1.165, 1.54) is 10.9 Å². The number of fused-ring (bicyclic) bond motifs is 1. The average molecular weight is 231 g/mol. The first-order valence-electron chi connectivity index (χ1n) is 6.44. The Morgan fingerprint density at radius 1 is 1.18 bits per heavy atom. The van der Waals surface area contributed by atoms with Gasteiger partial charge in [0.2, 0.25) is 0 Å². The fourth-order valence-corrected chi connectivity index (χ4v) is 2.01. The molecule has 1 aromatic heterocycles. The molecule has 2 aromatic rings. The lowest BCUT2D eigenvalue weighted by Crippen LogP contribution is -2.06. The molecule has 0 aliphatic heterocycles. The van der Waals surface area contributed by atoms with Gasteiger partial charge < -0.3 is 10.2 Å². The monoisotopic (exact) mass is 231 g/mol. The molecule has 2 unspecified atom stereocenters. The van der Waals surface area contributed by atoms with Gasteiger partial charge in [-0.2, -0.15) is 0 Å². The topological polar surface area (TPSA) is 39.2 Å². The van der Waals surface area contributed by atoms with Crippen molar-refractivity contribution < 1.29 is 4.42 Å². The van der Waals surface area contributed by atoms with Crippen molar-refractivity contribution in [2.45, 2.75) is 45.6 Å². The molecule has 1 aromatic carbocycles. The molecular formula is C15H21NO. The Morgan fingerprint density at radius 3 is 2.59 bits per heavy atom. The van der Waals surface area contributed by atoms with Gasteiger partial charge in [0, 0.05) is 5.39 Å². The third-order valence-electron chi connectivity index (χ3n) is 3.55. The highest BCUT2D eigenvalue weighted by Gasteiger charge is 2.11. The van der Waals surface area contributed by atoms with Crippen molar-refractivity contribution in [1.29, 1.82) is 0 Å². The Morgan fingerprint density at radius 2 is 1.94 bits per heavy atom. The Hall–Kier alpha value is -1.28. The summed E-state index contributed by atoms with van der Waals surface area (Å²) in [6, 6.07) is 8.52. The second kappa shape index (κ2) is 4.92. The van der Waals surface area contributed by atoms with Crippen molar-refractivity contribution in [3.63, 3.8) is 0 Å². The van der Waals surface area contributed by atoms with E-state index < -0.39 is 0 Å². The largest absolute Gasteiger partial charge is 0.459 e. The average Bonchev–Trinajstić information content (AvgIpc) is 2.79. The van der Waals surface area contributed by atoms with E-state index in [4.69, 9.17) is 10.2 Å². The van der Waals surface area contributed by atoms with Crippen LogP contribution in [0.4, 0.5) is 0 Å². The van der Waals surface area contributed by atoms with Crippen molar-refractivity contribution in [3.8, 4) is 0 Å². The van der Waals surface area contributed by atoms with Gasteiger partial charge in [0.25, 0.3) is 0 Å². The van der Waals surface area contributed by atoms with E-state index in [1.807, 2.05) is 0 Å². The Balaban J connectivity index is 2.41. The van der Waals surface area contributed by atoms with E-state index in [9.17, 15) is 0 Å². The molecule has 0 aliphatic carbocycles. The Kier molecular flexibility index (Phi) is 3.53. The number of hydrogen-bond donors (Lipinski definition) is 1. The van der Waals surface area contributed by atoms with Crippen molar-refractivity contribution in [3.05, 3.63) is 35.6 Å². The first kappa shape index (κ1) is 12.2. The maximum absolute atomic E-state index is 5.99. The molecule has 0 bridgehead atoms. The first-order chi connectivity index (χ1) is 8.15. The number of benzene rings is 1. The third-order valence-corrected chi connectivity index (χ3v) is 3.55. The molecule has 2 heteroatoms. The molecule has 0 spiro atoms. The summed E-state index contributed by atoms with van der Waals surface area (Å²) in [7, 11) is 0. The Bertz CT molecular complexity index is 493. The van der Waals surface area contributed by atoms with Crippen molar-refractivity contribution in [1.82, 2.24) is 0 Å². The van der Waals surface area contributed by atoms with Crippen molar-refractivity contribution >= 4 is 11.0 Å². The van der Waals surface area contributed by atoms with Crippen LogP contribution in [-0.4, -0.2) is 0 Å². The van der Waals surface area contributed by atoms with E-state index in [1.54, 1.807) is 0 Å². The van der Waals surface area contributed by atoms with Gasteiger partial charge in [0.1, 0.15) is 11.3 Å². The van der Waals surface area contributed by atoms with Crippen molar-refractivity contribution in [2.75, 3.05) is 0 Å². The van der Waals surface area contributed by atoms with Crippen molar-refractivity contribution in [2.24, 2.45) is 5.73 Å². The zero-order valence-electron chi connectivity index (χ0n) is 10.9. The Labute approximate surface area is 103 Å². The summed E-state index contributed by atoms with van der Waals surface area (Å²) in [4.78, 5) is 0. The minimum atomic E-state index is 0.00875. The standard InChI is InChI=1S/C15H21NO/c1-4-10(3)11-6-7-14-12(8-11)9-15(17-14)13(16)5-2/h6-10,13H,4-5,16H2,1-3H3. The quantitative estimate of drug-likeness (QED) is 0.849. The number of hydrogen-bond acceptors (Lipinski definition) is 2. The smallest absolute Gasteiger partial charge is 0.134 e. The molecule has 0 amide bonds. The van der Waals surface area contributed by atoms with Gasteiger partial charge in [-0.3, -0.25) is 0 Å². The molecule has 1 heterocycles. The number of furan rings is 1. The summed E-state index contributed by atoms with van der Waals surface area (Å²) in [6.45, 7) is 6.53. The molecule has 0 saturated carbocycles. The minimum absolute atomic E-state index is 0.00875. The van der Waals surface area contributed by atoms with Crippen LogP contribution in [0.3, 0.4) is 0 Å². The molecule has 2 atom stereocenters. The van der Waals surface area contributed by atoms with Gasteiger partial charge >= 0.3 is 0 Å². The summed E-state index contributed by atoms with van der Waals surface area (Å²) >= 11 is 0. The molecule has 2 N–H and O–H groups in total. The lowest BCUT2D eigenvalue weighted by Gasteiger charge is -2.07. The zero-order valence-corrected chi connectivity index (χ0v) is 10.9. The van der Waals surface area contributed by atoms with E-state index in [-0.39, 0.29) is 6.04 Å². The zero-order chi connectivity index (χ0) is 12.4. The summed E-state index contributed by atoms with van der Waals surface area (Å²) in [6.07, 6.45) is 2.06. The molecule has 17 heavy (non-hydrogen) atoms. The molecule has 0 radical (unpaired) electrons. The second-order valence-corrected chi connectivity index (χ2v) is 4.77. The third kappa shape index (κ3) is 2.37. The molecule has 92 valence electrons. The molecule has 2 nitrogen and oxygen atoms in total. The molecular weight excluding hydrogens is 210 g/mol. The van der Waals surface area contributed by atoms with E-state index >= 15 is 0 Å². The van der Waals surface area contributed by atoms with Gasteiger partial charge in [-0.05, 0) is 42.5 Å². The molecule has 0 saturated heterocycles. The highest BCUT2D eigenvalue weighted by atomic mass is 16.3. The summed E-state index contributed by atoms with van der Waals surface area (Å²) < 4.78 is 5.76. The maximum Gasteiger partial charge on any atom is 0.134 e.